The number of hydrogen-bond acceptors (Lipinski definition) is 3. The van der Waals surface area contributed by atoms with Crippen molar-refractivity contribution < 1.29 is 14.3 Å². The number of imide groups is 1. The minimum Gasteiger partial charge on any atom is -0.443 e. The molecule has 1 aliphatic heterocycles. The normalized spacial score (nSPS) is 22.8. The molecule has 1 heterocycles. The van der Waals surface area contributed by atoms with Gasteiger partial charge in [-0.15, -0.1) is 0 Å². The third-order valence-corrected chi connectivity index (χ3v) is 2.93. The van der Waals surface area contributed by atoms with E-state index in [0.717, 1.165) is 10.5 Å². The maximum atomic E-state index is 12.0. The summed E-state index contributed by atoms with van der Waals surface area (Å²) >= 11 is 0. The van der Waals surface area contributed by atoms with Gasteiger partial charge in [-0.2, -0.15) is 0 Å². The third-order valence-electron chi connectivity index (χ3n) is 2.93. The second-order valence-corrected chi connectivity index (χ2v) is 4.40. The van der Waals surface area contributed by atoms with Crippen LogP contribution in [0.1, 0.15) is 25.5 Å². The molecule has 1 saturated heterocycles. The van der Waals surface area contributed by atoms with Crippen molar-refractivity contribution in [2.45, 2.75) is 26.0 Å². The Balaban J connectivity index is 2.40. The number of cyclic esters (lactones) is 1. The van der Waals surface area contributed by atoms with Gasteiger partial charge in [-0.05, 0) is 19.4 Å². The number of amides is 2. The molecule has 94 valence electrons. The van der Waals surface area contributed by atoms with E-state index in [0.29, 0.717) is 5.57 Å². The van der Waals surface area contributed by atoms with Crippen LogP contribution in [0.3, 0.4) is 0 Å². The number of carbonyl (C=O) groups is 2. The van der Waals surface area contributed by atoms with E-state index in [-0.39, 0.29) is 12.1 Å². The Bertz CT molecular complexity index is 495. The van der Waals surface area contributed by atoms with Gasteiger partial charge in [0.05, 0.1) is 0 Å². The number of benzene rings is 1. The summed E-state index contributed by atoms with van der Waals surface area (Å²) in [6, 6.07) is 8.99. The molecule has 0 aliphatic carbocycles. The quantitative estimate of drug-likeness (QED) is 0.752. The first-order valence-corrected chi connectivity index (χ1v) is 5.77. The largest absolute Gasteiger partial charge is 0.443 e. The summed E-state index contributed by atoms with van der Waals surface area (Å²) in [7, 11) is 0. The molecule has 1 aliphatic rings. The second-order valence-electron chi connectivity index (χ2n) is 4.40. The molecule has 4 nitrogen and oxygen atoms in total. The molecule has 4 heteroatoms. The second kappa shape index (κ2) is 4.64. The van der Waals surface area contributed by atoms with Gasteiger partial charge in [-0.25, -0.2) is 9.69 Å². The molecule has 2 rings (SSSR count). The minimum atomic E-state index is -0.607. The number of nitrogens with zero attached hydrogens (tertiary/aromatic N) is 1. The molecule has 0 bridgehead atoms. The van der Waals surface area contributed by atoms with Crippen molar-refractivity contribution in [1.82, 2.24) is 4.90 Å². The Kier molecular flexibility index (Phi) is 3.19. The lowest BCUT2D eigenvalue weighted by Crippen LogP contribution is -2.35. The smallest absolute Gasteiger partial charge is 0.417 e. The van der Waals surface area contributed by atoms with E-state index in [1.54, 1.807) is 13.8 Å². The SMILES string of the molecule is C=C(C)C(=O)N1C(=O)O[C@@H](C)[C@H]1c1ccccc1. The number of rotatable bonds is 2. The molecule has 0 aromatic heterocycles. The van der Waals surface area contributed by atoms with Gasteiger partial charge < -0.3 is 4.74 Å². The summed E-state index contributed by atoms with van der Waals surface area (Å²) in [5, 5.41) is 0. The molecule has 2 atom stereocenters. The van der Waals surface area contributed by atoms with Gasteiger partial charge >= 0.3 is 6.09 Å². The molecule has 0 spiro atoms. The first-order valence-electron chi connectivity index (χ1n) is 5.77. The molecule has 0 saturated carbocycles. The molecule has 1 aromatic carbocycles. The van der Waals surface area contributed by atoms with Crippen LogP contribution in [0.5, 0.6) is 0 Å². The third kappa shape index (κ3) is 2.01. The Morgan fingerprint density at radius 3 is 2.50 bits per heavy atom. The van der Waals surface area contributed by atoms with Gasteiger partial charge in [0, 0.05) is 5.57 Å². The van der Waals surface area contributed by atoms with Crippen LogP contribution in [0, 0.1) is 0 Å². The van der Waals surface area contributed by atoms with E-state index in [9.17, 15) is 9.59 Å². The molecule has 1 aromatic rings. The molecule has 0 unspecified atom stereocenters. The lowest BCUT2D eigenvalue weighted by Gasteiger charge is -2.22. The molecular weight excluding hydrogens is 230 g/mol. The highest BCUT2D eigenvalue weighted by Gasteiger charge is 2.43. The number of hydrogen-bond donors (Lipinski definition) is 0. The molecule has 2 amide bonds. The summed E-state index contributed by atoms with van der Waals surface area (Å²) < 4.78 is 5.14. The highest BCUT2D eigenvalue weighted by molar-refractivity contribution is 6.02. The van der Waals surface area contributed by atoms with Crippen LogP contribution in [-0.4, -0.2) is 23.0 Å². The van der Waals surface area contributed by atoms with Crippen LogP contribution in [0.15, 0.2) is 42.5 Å². The van der Waals surface area contributed by atoms with Gasteiger partial charge in [0.25, 0.3) is 5.91 Å². The summed E-state index contributed by atoms with van der Waals surface area (Å²) in [4.78, 5) is 24.9. The summed E-state index contributed by atoms with van der Waals surface area (Å²) in [5.74, 6) is -0.391. The van der Waals surface area contributed by atoms with Crippen molar-refractivity contribution in [1.29, 1.82) is 0 Å². The van der Waals surface area contributed by atoms with Gasteiger partial charge in [0.1, 0.15) is 12.1 Å². The fourth-order valence-electron chi connectivity index (χ4n) is 2.09. The van der Waals surface area contributed by atoms with Crippen LogP contribution >= 0.6 is 0 Å². The fourth-order valence-corrected chi connectivity index (χ4v) is 2.09. The van der Waals surface area contributed by atoms with E-state index < -0.39 is 12.0 Å². The van der Waals surface area contributed by atoms with Crippen molar-refractivity contribution in [3.8, 4) is 0 Å². The Labute approximate surface area is 106 Å². The first kappa shape index (κ1) is 12.4. The zero-order chi connectivity index (χ0) is 13.3. The first-order chi connectivity index (χ1) is 8.52. The summed E-state index contributed by atoms with van der Waals surface area (Å²) in [5.41, 5.74) is 1.20. The highest BCUT2D eigenvalue weighted by Crippen LogP contribution is 2.33. The van der Waals surface area contributed by atoms with Crippen LogP contribution in [-0.2, 0) is 9.53 Å². The number of ether oxygens (including phenoxy) is 1. The van der Waals surface area contributed by atoms with Crippen molar-refractivity contribution in [2.24, 2.45) is 0 Å². The fraction of sp³-hybridized carbons (Fsp3) is 0.286. The maximum absolute atomic E-state index is 12.0. The van der Waals surface area contributed by atoms with Crippen molar-refractivity contribution in [3.05, 3.63) is 48.0 Å². The van der Waals surface area contributed by atoms with E-state index in [1.165, 1.54) is 0 Å². The predicted molar refractivity (Wildman–Crippen MR) is 66.8 cm³/mol. The Morgan fingerprint density at radius 2 is 1.94 bits per heavy atom. The van der Waals surface area contributed by atoms with Gasteiger partial charge in [-0.3, -0.25) is 4.79 Å². The molecular formula is C14H15NO3. The van der Waals surface area contributed by atoms with Crippen LogP contribution in [0.25, 0.3) is 0 Å². The Morgan fingerprint density at radius 1 is 1.33 bits per heavy atom. The van der Waals surface area contributed by atoms with Gasteiger partial charge in [-0.1, -0.05) is 36.9 Å². The standard InChI is InChI=1S/C14H15NO3/c1-9(2)13(16)15-12(10(3)18-14(15)17)11-7-5-4-6-8-11/h4-8,10,12H,1H2,2-3H3/t10-,12-/m0/s1. The van der Waals surface area contributed by atoms with Gasteiger partial charge in [0.2, 0.25) is 0 Å². The zero-order valence-corrected chi connectivity index (χ0v) is 10.4. The lowest BCUT2D eigenvalue weighted by molar-refractivity contribution is -0.125. The predicted octanol–water partition coefficient (Wildman–Crippen LogP) is 2.67. The van der Waals surface area contributed by atoms with Crippen molar-refractivity contribution in [3.63, 3.8) is 0 Å². The van der Waals surface area contributed by atoms with Crippen molar-refractivity contribution >= 4 is 12.0 Å². The van der Waals surface area contributed by atoms with Crippen LogP contribution in [0.4, 0.5) is 4.79 Å². The minimum absolute atomic E-state index is 0.321. The van der Waals surface area contributed by atoms with Crippen molar-refractivity contribution in [2.75, 3.05) is 0 Å². The van der Waals surface area contributed by atoms with Gasteiger partial charge in [0.15, 0.2) is 0 Å². The number of carbonyl (C=O) groups excluding carboxylic acids is 2. The highest BCUT2D eigenvalue weighted by atomic mass is 16.6. The summed E-state index contributed by atoms with van der Waals surface area (Å²) in [6.07, 6.45) is -0.965. The van der Waals surface area contributed by atoms with E-state index >= 15 is 0 Å². The monoisotopic (exact) mass is 245 g/mol. The van der Waals surface area contributed by atoms with E-state index in [1.807, 2.05) is 30.3 Å². The molecule has 1 fully saturated rings. The molecule has 18 heavy (non-hydrogen) atoms. The zero-order valence-electron chi connectivity index (χ0n) is 10.4. The Hall–Kier alpha value is -2.10. The molecule has 0 radical (unpaired) electrons. The summed E-state index contributed by atoms with van der Waals surface area (Å²) in [6.45, 7) is 6.95. The molecule has 0 N–H and O–H groups in total. The average molecular weight is 245 g/mol. The van der Waals surface area contributed by atoms with E-state index in [2.05, 4.69) is 6.58 Å². The van der Waals surface area contributed by atoms with Crippen LogP contribution in [0.2, 0.25) is 0 Å². The van der Waals surface area contributed by atoms with E-state index in [4.69, 9.17) is 4.74 Å². The maximum Gasteiger partial charge on any atom is 0.417 e. The average Bonchev–Trinajstić information content (AvgIpc) is 2.64. The lowest BCUT2D eigenvalue weighted by atomic mass is 10.0. The van der Waals surface area contributed by atoms with Crippen LogP contribution < -0.4 is 0 Å². The topological polar surface area (TPSA) is 46.6 Å².